The van der Waals surface area contributed by atoms with Crippen LogP contribution in [0.15, 0.2) is 114 Å². The Balaban J connectivity index is 1.42. The monoisotopic (exact) mass is 452 g/mol. The summed E-state index contributed by atoms with van der Waals surface area (Å²) in [5.74, 6) is 0.562. The molecule has 1 atom stereocenters. The number of rotatable bonds is 7. The highest BCUT2D eigenvalue weighted by molar-refractivity contribution is 7.78. The first kappa shape index (κ1) is 21.4. The lowest BCUT2D eigenvalue weighted by atomic mass is 10.1. The zero-order valence-corrected chi connectivity index (χ0v) is 19.1. The second kappa shape index (κ2) is 9.56. The maximum absolute atomic E-state index is 14.4. The highest BCUT2D eigenvalue weighted by Crippen LogP contribution is 2.46. The topological polar surface area (TPSA) is 51.5 Å². The molecular weight excluding hydrogens is 427 g/mol. The summed E-state index contributed by atoms with van der Waals surface area (Å²) in [6.07, 6.45) is 1.18. The zero-order valence-electron chi connectivity index (χ0n) is 18.2. The predicted octanol–water partition coefficient (Wildman–Crippen LogP) is 4.98. The molecule has 2 heterocycles. The molecule has 0 bridgehead atoms. The smallest absolute Gasteiger partial charge is 0.235 e. The van der Waals surface area contributed by atoms with Crippen molar-refractivity contribution in [2.45, 2.75) is 18.6 Å². The van der Waals surface area contributed by atoms with Crippen LogP contribution in [0.1, 0.15) is 17.0 Å². The van der Waals surface area contributed by atoms with E-state index in [1.807, 2.05) is 97.1 Å². The summed E-state index contributed by atoms with van der Waals surface area (Å²) in [5, 5.41) is 1.67. The molecule has 0 saturated heterocycles. The molecule has 0 N–H and O–H groups in total. The Morgan fingerprint density at radius 3 is 2.00 bits per heavy atom. The molecule has 0 radical (unpaired) electrons. The van der Waals surface area contributed by atoms with Crippen LogP contribution in [0.3, 0.4) is 0 Å². The summed E-state index contributed by atoms with van der Waals surface area (Å²) in [7, 11) is -2.90. The van der Waals surface area contributed by atoms with Gasteiger partial charge in [-0.25, -0.2) is 9.98 Å². The third-order valence-corrected chi connectivity index (χ3v) is 8.82. The standard InChI is InChI=1S/C28H25N2O2P/c31-33(25-14-6-2-7-15-25,26-16-8-3-9-17-26)21-23-13-10-18-27(29-23)28-30-24(20-32-28)19-22-11-4-1-5-12-22/h1-18,24H,19-21H2/t24-/m0/s1. The number of benzene rings is 3. The van der Waals surface area contributed by atoms with Crippen LogP contribution in [0.25, 0.3) is 0 Å². The van der Waals surface area contributed by atoms with Gasteiger partial charge in [0.15, 0.2) is 0 Å². The lowest BCUT2D eigenvalue weighted by molar-refractivity contribution is 0.316. The molecule has 1 aliphatic rings. The first-order chi connectivity index (χ1) is 16.2. The van der Waals surface area contributed by atoms with Gasteiger partial charge >= 0.3 is 0 Å². The largest absolute Gasteiger partial charge is 0.474 e. The van der Waals surface area contributed by atoms with Gasteiger partial charge in [-0.1, -0.05) is 97.1 Å². The lowest BCUT2D eigenvalue weighted by Crippen LogP contribution is -2.18. The van der Waals surface area contributed by atoms with Gasteiger partial charge in [0.1, 0.15) is 19.4 Å². The van der Waals surface area contributed by atoms with E-state index in [9.17, 15) is 4.57 Å². The lowest BCUT2D eigenvalue weighted by Gasteiger charge is -2.19. The van der Waals surface area contributed by atoms with Crippen molar-refractivity contribution in [2.75, 3.05) is 6.61 Å². The van der Waals surface area contributed by atoms with Gasteiger partial charge in [0.05, 0.1) is 12.2 Å². The summed E-state index contributed by atoms with van der Waals surface area (Å²) in [4.78, 5) is 9.57. The Morgan fingerprint density at radius 2 is 1.36 bits per heavy atom. The number of hydrogen-bond donors (Lipinski definition) is 0. The average molecular weight is 452 g/mol. The third-order valence-electron chi connectivity index (χ3n) is 5.78. The maximum Gasteiger partial charge on any atom is 0.235 e. The van der Waals surface area contributed by atoms with Crippen molar-refractivity contribution < 1.29 is 9.30 Å². The highest BCUT2D eigenvalue weighted by atomic mass is 31.2. The molecule has 3 aromatic carbocycles. The van der Waals surface area contributed by atoms with Gasteiger partial charge in [-0.2, -0.15) is 0 Å². The van der Waals surface area contributed by atoms with Crippen LogP contribution in [-0.2, 0) is 21.9 Å². The second-order valence-electron chi connectivity index (χ2n) is 8.17. The molecule has 4 aromatic rings. The van der Waals surface area contributed by atoms with Gasteiger partial charge in [0, 0.05) is 16.3 Å². The van der Waals surface area contributed by atoms with Crippen LogP contribution in [-0.4, -0.2) is 23.5 Å². The Kier molecular flexibility index (Phi) is 6.19. The van der Waals surface area contributed by atoms with Crippen molar-refractivity contribution in [2.24, 2.45) is 4.99 Å². The Hall–Kier alpha value is -3.49. The number of aromatic nitrogens is 1. The van der Waals surface area contributed by atoms with Crippen LogP contribution in [0.5, 0.6) is 0 Å². The van der Waals surface area contributed by atoms with Gasteiger partial charge in [-0.05, 0) is 24.1 Å². The highest BCUT2D eigenvalue weighted by Gasteiger charge is 2.29. The summed E-state index contributed by atoms with van der Waals surface area (Å²) in [5.41, 5.74) is 2.70. The van der Waals surface area contributed by atoms with E-state index >= 15 is 0 Å². The fourth-order valence-corrected chi connectivity index (χ4v) is 6.73. The molecule has 0 aliphatic carbocycles. The minimum atomic E-state index is -2.90. The Labute approximate surface area is 194 Å². The predicted molar refractivity (Wildman–Crippen MR) is 134 cm³/mol. The summed E-state index contributed by atoms with van der Waals surface area (Å²) >= 11 is 0. The maximum atomic E-state index is 14.4. The van der Waals surface area contributed by atoms with E-state index in [-0.39, 0.29) is 6.04 Å². The fourth-order valence-electron chi connectivity index (χ4n) is 4.13. The molecule has 164 valence electrons. The van der Waals surface area contributed by atoms with Crippen molar-refractivity contribution in [1.82, 2.24) is 4.98 Å². The van der Waals surface area contributed by atoms with Crippen LogP contribution in [0, 0.1) is 0 Å². The molecule has 33 heavy (non-hydrogen) atoms. The van der Waals surface area contributed by atoms with Crippen molar-refractivity contribution in [3.63, 3.8) is 0 Å². The molecule has 5 heteroatoms. The number of hydrogen-bond acceptors (Lipinski definition) is 4. The van der Waals surface area contributed by atoms with E-state index in [1.165, 1.54) is 5.56 Å². The molecule has 4 nitrogen and oxygen atoms in total. The van der Waals surface area contributed by atoms with Crippen LogP contribution < -0.4 is 10.6 Å². The number of nitrogens with zero attached hydrogens (tertiary/aromatic N) is 2. The molecule has 0 amide bonds. The van der Waals surface area contributed by atoms with Crippen molar-refractivity contribution in [3.05, 3.63) is 126 Å². The molecule has 1 aliphatic heterocycles. The number of ether oxygens (including phenoxy) is 1. The van der Waals surface area contributed by atoms with E-state index in [1.54, 1.807) is 0 Å². The Bertz CT molecular complexity index is 1250. The van der Waals surface area contributed by atoms with Gasteiger partial charge < -0.3 is 9.30 Å². The molecular formula is C28H25N2O2P. The van der Waals surface area contributed by atoms with E-state index in [2.05, 4.69) is 12.1 Å². The van der Waals surface area contributed by atoms with Crippen LogP contribution >= 0.6 is 7.14 Å². The number of pyridine rings is 1. The minimum absolute atomic E-state index is 0.0765. The zero-order chi connectivity index (χ0) is 22.5. The van der Waals surface area contributed by atoms with Gasteiger partial charge in [-0.15, -0.1) is 0 Å². The van der Waals surface area contributed by atoms with Gasteiger partial charge in [0.25, 0.3) is 0 Å². The summed E-state index contributed by atoms with van der Waals surface area (Å²) in [6, 6.07) is 35.5. The second-order valence-corrected chi connectivity index (χ2v) is 11.0. The van der Waals surface area contributed by atoms with Crippen molar-refractivity contribution >= 4 is 23.6 Å². The van der Waals surface area contributed by atoms with Crippen molar-refractivity contribution in [3.8, 4) is 0 Å². The van der Waals surface area contributed by atoms with Gasteiger partial charge in [0.2, 0.25) is 5.90 Å². The average Bonchev–Trinajstić information content (AvgIpc) is 3.34. The SMILES string of the molecule is O=P(Cc1cccc(C2=N[C@@H](Cc3ccccc3)CO2)n1)(c1ccccc1)c1ccccc1. The van der Waals surface area contributed by atoms with E-state index in [0.29, 0.717) is 24.4 Å². The molecule has 1 aromatic heterocycles. The van der Waals surface area contributed by atoms with E-state index < -0.39 is 7.14 Å². The van der Waals surface area contributed by atoms with E-state index in [0.717, 1.165) is 22.7 Å². The molecule has 0 spiro atoms. The normalized spacial score (nSPS) is 15.6. The number of aliphatic imine (C=N–C) groups is 1. The van der Waals surface area contributed by atoms with Gasteiger partial charge in [-0.3, -0.25) is 0 Å². The first-order valence-corrected chi connectivity index (χ1v) is 13.0. The Morgan fingerprint density at radius 1 is 0.758 bits per heavy atom. The minimum Gasteiger partial charge on any atom is -0.474 e. The van der Waals surface area contributed by atoms with Crippen molar-refractivity contribution in [1.29, 1.82) is 0 Å². The summed E-state index contributed by atoms with van der Waals surface area (Å²) < 4.78 is 20.3. The third kappa shape index (κ3) is 4.81. The molecule has 0 saturated carbocycles. The van der Waals surface area contributed by atoms with Crippen LogP contribution in [0.2, 0.25) is 0 Å². The van der Waals surface area contributed by atoms with E-state index in [4.69, 9.17) is 14.7 Å². The molecule has 5 rings (SSSR count). The molecule has 0 fully saturated rings. The quantitative estimate of drug-likeness (QED) is 0.372. The summed E-state index contributed by atoms with van der Waals surface area (Å²) in [6.45, 7) is 0.544. The molecule has 0 unspecified atom stereocenters. The fraction of sp³-hybridized carbons (Fsp3) is 0.143. The first-order valence-electron chi connectivity index (χ1n) is 11.1. The van der Waals surface area contributed by atoms with Crippen LogP contribution in [0.4, 0.5) is 0 Å².